The highest BCUT2D eigenvalue weighted by molar-refractivity contribution is 5.78. The Bertz CT molecular complexity index is 569. The third-order valence-corrected chi connectivity index (χ3v) is 4.33. The molecule has 0 heterocycles. The zero-order valence-corrected chi connectivity index (χ0v) is 14.2. The molecule has 0 aliphatic heterocycles. The molecular weight excluding hydrogens is 328 g/mol. The number of carbonyl (C=O) groups excluding carboxylic acids is 2. The Balaban J connectivity index is 1.58. The fourth-order valence-electron chi connectivity index (χ4n) is 2.97. The number of carbonyl (C=O) groups is 2. The van der Waals surface area contributed by atoms with E-state index in [1.54, 1.807) is 0 Å². The summed E-state index contributed by atoms with van der Waals surface area (Å²) in [7, 11) is 0. The Labute approximate surface area is 146 Å². The standard InChI is InChI=1S/C18H25F2N3O2/c19-15-7-4-8-16(20)14(15)9-11-21-18(25)22-12-10-17(24)23-13-5-2-1-3-6-13/h4,7-8,13H,1-3,5-6,9-12H2,(H,23,24)(H2,21,22,25). The lowest BCUT2D eigenvalue weighted by atomic mass is 9.95. The van der Waals surface area contributed by atoms with Crippen molar-refractivity contribution in [3.63, 3.8) is 0 Å². The first-order chi connectivity index (χ1) is 12.1. The van der Waals surface area contributed by atoms with Crippen LogP contribution in [0.3, 0.4) is 0 Å². The zero-order valence-electron chi connectivity index (χ0n) is 14.2. The van der Waals surface area contributed by atoms with Gasteiger partial charge in [0.05, 0.1) is 0 Å². The van der Waals surface area contributed by atoms with Crippen molar-refractivity contribution in [3.8, 4) is 0 Å². The summed E-state index contributed by atoms with van der Waals surface area (Å²) in [6.45, 7) is 0.330. The van der Waals surface area contributed by atoms with Gasteiger partial charge in [-0.2, -0.15) is 0 Å². The van der Waals surface area contributed by atoms with Gasteiger partial charge in [-0.3, -0.25) is 4.79 Å². The van der Waals surface area contributed by atoms with E-state index >= 15 is 0 Å². The van der Waals surface area contributed by atoms with Gasteiger partial charge in [-0.25, -0.2) is 13.6 Å². The van der Waals surface area contributed by atoms with Crippen molar-refractivity contribution in [2.45, 2.75) is 51.0 Å². The lowest BCUT2D eigenvalue weighted by Gasteiger charge is -2.22. The topological polar surface area (TPSA) is 70.2 Å². The molecule has 0 aromatic heterocycles. The first-order valence-electron chi connectivity index (χ1n) is 8.80. The first kappa shape index (κ1) is 19.1. The van der Waals surface area contributed by atoms with E-state index in [1.807, 2.05) is 0 Å². The average molecular weight is 353 g/mol. The molecule has 3 N–H and O–H groups in total. The molecule has 138 valence electrons. The summed E-state index contributed by atoms with van der Waals surface area (Å²) >= 11 is 0. The van der Waals surface area contributed by atoms with Crippen molar-refractivity contribution in [2.24, 2.45) is 0 Å². The molecule has 3 amide bonds. The van der Waals surface area contributed by atoms with E-state index in [0.29, 0.717) is 0 Å². The molecule has 0 radical (unpaired) electrons. The Morgan fingerprint density at radius 1 is 1.00 bits per heavy atom. The summed E-state index contributed by atoms with van der Waals surface area (Å²) < 4.78 is 26.9. The van der Waals surface area contributed by atoms with E-state index in [1.165, 1.54) is 24.6 Å². The van der Waals surface area contributed by atoms with Crippen LogP contribution in [0.15, 0.2) is 18.2 Å². The Morgan fingerprint density at radius 2 is 1.64 bits per heavy atom. The minimum atomic E-state index is -0.624. The van der Waals surface area contributed by atoms with Gasteiger partial charge in [-0.15, -0.1) is 0 Å². The van der Waals surface area contributed by atoms with Gasteiger partial charge >= 0.3 is 6.03 Å². The molecule has 1 saturated carbocycles. The van der Waals surface area contributed by atoms with Gasteiger partial charge in [0.15, 0.2) is 0 Å². The third-order valence-electron chi connectivity index (χ3n) is 4.33. The molecule has 0 bridgehead atoms. The fourth-order valence-corrected chi connectivity index (χ4v) is 2.97. The molecule has 0 saturated heterocycles. The number of hydrogen-bond acceptors (Lipinski definition) is 2. The van der Waals surface area contributed by atoms with Crippen molar-refractivity contribution in [2.75, 3.05) is 13.1 Å². The van der Waals surface area contributed by atoms with Crippen LogP contribution in [0.4, 0.5) is 13.6 Å². The predicted molar refractivity (Wildman–Crippen MR) is 91.1 cm³/mol. The first-order valence-corrected chi connectivity index (χ1v) is 8.80. The van der Waals surface area contributed by atoms with Crippen LogP contribution in [-0.4, -0.2) is 31.1 Å². The molecule has 0 spiro atoms. The summed E-state index contributed by atoms with van der Waals surface area (Å²) in [5, 5.41) is 8.07. The van der Waals surface area contributed by atoms with E-state index in [0.717, 1.165) is 25.7 Å². The number of hydrogen-bond donors (Lipinski definition) is 3. The second-order valence-corrected chi connectivity index (χ2v) is 6.29. The second kappa shape index (κ2) is 9.96. The van der Waals surface area contributed by atoms with E-state index < -0.39 is 17.7 Å². The van der Waals surface area contributed by atoms with E-state index in [9.17, 15) is 18.4 Å². The third kappa shape index (κ3) is 6.68. The largest absolute Gasteiger partial charge is 0.353 e. The summed E-state index contributed by atoms with van der Waals surface area (Å²) in [4.78, 5) is 23.4. The molecule has 1 aromatic rings. The highest BCUT2D eigenvalue weighted by atomic mass is 19.1. The normalized spacial score (nSPS) is 14.8. The van der Waals surface area contributed by atoms with Crippen molar-refractivity contribution in [1.29, 1.82) is 0 Å². The molecule has 2 rings (SSSR count). The van der Waals surface area contributed by atoms with Gasteiger partial charge in [0.25, 0.3) is 0 Å². The predicted octanol–water partition coefficient (Wildman–Crippen LogP) is 2.65. The highest BCUT2D eigenvalue weighted by Crippen LogP contribution is 2.17. The molecule has 25 heavy (non-hydrogen) atoms. The van der Waals surface area contributed by atoms with Crippen molar-refractivity contribution >= 4 is 11.9 Å². The van der Waals surface area contributed by atoms with Crippen LogP contribution in [0.1, 0.15) is 44.1 Å². The van der Waals surface area contributed by atoms with Crippen molar-refractivity contribution < 1.29 is 18.4 Å². The number of benzene rings is 1. The molecular formula is C18H25F2N3O2. The Morgan fingerprint density at radius 3 is 2.32 bits per heavy atom. The molecule has 7 heteroatoms. The van der Waals surface area contributed by atoms with Crippen LogP contribution in [0.2, 0.25) is 0 Å². The molecule has 5 nitrogen and oxygen atoms in total. The number of halogens is 2. The maximum atomic E-state index is 13.4. The van der Waals surface area contributed by atoms with Crippen molar-refractivity contribution in [1.82, 2.24) is 16.0 Å². The maximum Gasteiger partial charge on any atom is 0.314 e. The van der Waals surface area contributed by atoms with Gasteiger partial charge in [0.1, 0.15) is 11.6 Å². The van der Waals surface area contributed by atoms with Gasteiger partial charge in [0, 0.05) is 31.1 Å². The van der Waals surface area contributed by atoms with Crippen LogP contribution in [0.5, 0.6) is 0 Å². The quantitative estimate of drug-likeness (QED) is 0.705. The highest BCUT2D eigenvalue weighted by Gasteiger charge is 2.15. The zero-order chi connectivity index (χ0) is 18.1. The number of rotatable bonds is 7. The van der Waals surface area contributed by atoms with Crippen LogP contribution in [0.25, 0.3) is 0 Å². The fraction of sp³-hybridized carbons (Fsp3) is 0.556. The number of urea groups is 1. The Kier molecular flexibility index (Phi) is 7.63. The molecule has 1 fully saturated rings. The Hall–Kier alpha value is -2.18. The molecule has 1 aliphatic carbocycles. The molecule has 0 unspecified atom stereocenters. The monoisotopic (exact) mass is 353 g/mol. The summed E-state index contributed by atoms with van der Waals surface area (Å²) in [5.74, 6) is -1.32. The van der Waals surface area contributed by atoms with Crippen molar-refractivity contribution in [3.05, 3.63) is 35.4 Å². The summed E-state index contributed by atoms with van der Waals surface area (Å²) in [6.07, 6.45) is 5.84. The van der Waals surface area contributed by atoms with Gasteiger partial charge in [0.2, 0.25) is 5.91 Å². The minimum Gasteiger partial charge on any atom is -0.353 e. The van der Waals surface area contributed by atoms with Crippen LogP contribution < -0.4 is 16.0 Å². The smallest absolute Gasteiger partial charge is 0.314 e. The summed E-state index contributed by atoms with van der Waals surface area (Å²) in [6, 6.07) is 3.47. The van der Waals surface area contributed by atoms with Gasteiger partial charge < -0.3 is 16.0 Å². The van der Waals surface area contributed by atoms with Crippen LogP contribution in [0, 0.1) is 11.6 Å². The van der Waals surface area contributed by atoms with Gasteiger partial charge in [-0.1, -0.05) is 25.3 Å². The SMILES string of the molecule is O=C(CCNC(=O)NCCc1c(F)cccc1F)NC1CCCCC1. The average Bonchev–Trinajstić information content (AvgIpc) is 2.58. The van der Waals surface area contributed by atoms with E-state index in [2.05, 4.69) is 16.0 Å². The lowest BCUT2D eigenvalue weighted by molar-refractivity contribution is -0.121. The van der Waals surface area contributed by atoms with E-state index in [4.69, 9.17) is 0 Å². The number of amides is 3. The molecule has 1 aromatic carbocycles. The number of nitrogens with one attached hydrogen (secondary N) is 3. The van der Waals surface area contributed by atoms with E-state index in [-0.39, 0.29) is 43.4 Å². The molecule has 1 aliphatic rings. The second-order valence-electron chi connectivity index (χ2n) is 6.29. The maximum absolute atomic E-state index is 13.4. The lowest BCUT2D eigenvalue weighted by Crippen LogP contribution is -2.40. The molecule has 0 atom stereocenters. The summed E-state index contributed by atoms with van der Waals surface area (Å²) in [5.41, 5.74) is -0.0466. The minimum absolute atomic E-state index is 0.0466. The van der Waals surface area contributed by atoms with Gasteiger partial charge in [-0.05, 0) is 31.4 Å². The van der Waals surface area contributed by atoms with Crippen LogP contribution >= 0.6 is 0 Å². The van der Waals surface area contributed by atoms with Crippen LogP contribution in [-0.2, 0) is 11.2 Å².